The first-order valence-corrected chi connectivity index (χ1v) is 7.59. The number of methoxy groups -OCH3 is 1. The van der Waals surface area contributed by atoms with E-state index in [9.17, 15) is 4.79 Å². The minimum atomic E-state index is -0.262. The molecule has 7 heteroatoms. The lowest BCUT2D eigenvalue weighted by molar-refractivity contribution is 0.0901. The Morgan fingerprint density at radius 3 is 2.46 bits per heavy atom. The van der Waals surface area contributed by atoms with Crippen molar-refractivity contribution in [3.8, 4) is 17.1 Å². The molecular formula is C17H15ClN4O2. The normalized spacial score (nSPS) is 10.6. The van der Waals surface area contributed by atoms with Crippen molar-refractivity contribution in [1.82, 2.24) is 14.8 Å². The van der Waals surface area contributed by atoms with Crippen molar-refractivity contribution in [3.63, 3.8) is 0 Å². The monoisotopic (exact) mass is 342 g/mol. The highest BCUT2D eigenvalue weighted by atomic mass is 35.5. The van der Waals surface area contributed by atoms with Crippen LogP contribution in [0.4, 0.5) is 5.95 Å². The third-order valence-corrected chi connectivity index (χ3v) is 3.74. The highest BCUT2D eigenvalue weighted by Crippen LogP contribution is 2.20. The number of carbonyl (C=O) groups excluding carboxylic acids is 1. The van der Waals surface area contributed by atoms with Gasteiger partial charge in [0.2, 0.25) is 5.95 Å². The van der Waals surface area contributed by atoms with Gasteiger partial charge in [0.05, 0.1) is 13.5 Å². The van der Waals surface area contributed by atoms with Crippen LogP contribution in [0.5, 0.6) is 5.75 Å². The lowest BCUT2D eigenvalue weighted by Crippen LogP contribution is -2.17. The molecule has 0 saturated carbocycles. The van der Waals surface area contributed by atoms with Crippen LogP contribution in [0.2, 0.25) is 5.02 Å². The van der Waals surface area contributed by atoms with E-state index in [1.807, 2.05) is 12.1 Å². The van der Waals surface area contributed by atoms with Crippen molar-refractivity contribution >= 4 is 23.5 Å². The number of ether oxygens (including phenoxy) is 1. The molecule has 0 amide bonds. The Hall–Kier alpha value is -2.86. The molecule has 0 radical (unpaired) electrons. The molecule has 0 saturated heterocycles. The molecule has 0 aliphatic rings. The van der Waals surface area contributed by atoms with Crippen LogP contribution < -0.4 is 10.5 Å². The molecule has 0 bridgehead atoms. The molecule has 3 aromatic rings. The summed E-state index contributed by atoms with van der Waals surface area (Å²) >= 11 is 5.84. The molecule has 0 spiro atoms. The van der Waals surface area contributed by atoms with Crippen molar-refractivity contribution in [1.29, 1.82) is 0 Å². The van der Waals surface area contributed by atoms with Crippen molar-refractivity contribution < 1.29 is 9.53 Å². The van der Waals surface area contributed by atoms with Crippen molar-refractivity contribution in [2.75, 3.05) is 12.8 Å². The number of hydrogen-bond donors (Lipinski definition) is 1. The van der Waals surface area contributed by atoms with Gasteiger partial charge in [0.25, 0.3) is 5.91 Å². The van der Waals surface area contributed by atoms with E-state index in [0.29, 0.717) is 10.8 Å². The number of benzene rings is 2. The highest BCUT2D eigenvalue weighted by Gasteiger charge is 2.15. The fraction of sp³-hybridized carbons (Fsp3) is 0.118. The van der Waals surface area contributed by atoms with Crippen LogP contribution in [0, 0.1) is 0 Å². The molecule has 0 atom stereocenters. The average Bonchev–Trinajstić information content (AvgIpc) is 2.99. The topological polar surface area (TPSA) is 83.0 Å². The summed E-state index contributed by atoms with van der Waals surface area (Å²) in [4.78, 5) is 16.6. The maximum atomic E-state index is 12.4. The molecule has 0 unspecified atom stereocenters. The number of aromatic nitrogens is 3. The van der Waals surface area contributed by atoms with Gasteiger partial charge >= 0.3 is 0 Å². The lowest BCUT2D eigenvalue weighted by atomic mass is 10.1. The Balaban J connectivity index is 1.82. The van der Waals surface area contributed by atoms with Crippen LogP contribution in [-0.4, -0.2) is 27.8 Å². The second-order valence-corrected chi connectivity index (χ2v) is 5.57. The summed E-state index contributed by atoms with van der Waals surface area (Å²) in [6.07, 6.45) is 0.160. The van der Waals surface area contributed by atoms with Gasteiger partial charge in [-0.2, -0.15) is 9.67 Å². The van der Waals surface area contributed by atoms with E-state index in [2.05, 4.69) is 10.1 Å². The van der Waals surface area contributed by atoms with Gasteiger partial charge in [0.15, 0.2) is 5.82 Å². The molecule has 0 aliphatic heterocycles. The average molecular weight is 343 g/mol. The van der Waals surface area contributed by atoms with Crippen LogP contribution in [0.15, 0.2) is 48.5 Å². The molecule has 122 valence electrons. The van der Waals surface area contributed by atoms with Gasteiger partial charge in [-0.1, -0.05) is 23.7 Å². The van der Waals surface area contributed by atoms with Gasteiger partial charge < -0.3 is 10.5 Å². The maximum Gasteiger partial charge on any atom is 0.254 e. The van der Waals surface area contributed by atoms with E-state index in [1.54, 1.807) is 43.5 Å². The summed E-state index contributed by atoms with van der Waals surface area (Å²) in [5.74, 6) is 0.909. The second-order valence-electron chi connectivity index (χ2n) is 5.13. The van der Waals surface area contributed by atoms with Crippen LogP contribution in [-0.2, 0) is 6.42 Å². The zero-order valence-corrected chi connectivity index (χ0v) is 13.7. The number of nitrogens with two attached hydrogens (primary N) is 1. The van der Waals surface area contributed by atoms with Gasteiger partial charge in [0.1, 0.15) is 5.75 Å². The molecule has 1 aromatic heterocycles. The van der Waals surface area contributed by atoms with Crippen molar-refractivity contribution in [3.05, 3.63) is 59.1 Å². The summed E-state index contributed by atoms with van der Waals surface area (Å²) in [5, 5.41) is 4.83. The van der Waals surface area contributed by atoms with E-state index in [0.717, 1.165) is 21.6 Å². The summed E-state index contributed by atoms with van der Waals surface area (Å²) in [5.41, 5.74) is 7.41. The minimum Gasteiger partial charge on any atom is -0.497 e. The smallest absolute Gasteiger partial charge is 0.254 e. The molecule has 2 N–H and O–H groups in total. The summed E-state index contributed by atoms with van der Waals surface area (Å²) < 4.78 is 6.23. The van der Waals surface area contributed by atoms with Gasteiger partial charge in [-0.25, -0.2) is 0 Å². The van der Waals surface area contributed by atoms with E-state index in [4.69, 9.17) is 22.1 Å². The highest BCUT2D eigenvalue weighted by molar-refractivity contribution is 6.30. The summed E-state index contributed by atoms with van der Waals surface area (Å²) in [7, 11) is 1.59. The van der Waals surface area contributed by atoms with E-state index in [-0.39, 0.29) is 18.3 Å². The first-order chi connectivity index (χ1) is 11.6. The third kappa shape index (κ3) is 3.38. The lowest BCUT2D eigenvalue weighted by Gasteiger charge is -2.02. The van der Waals surface area contributed by atoms with E-state index < -0.39 is 0 Å². The van der Waals surface area contributed by atoms with E-state index >= 15 is 0 Å². The fourth-order valence-corrected chi connectivity index (χ4v) is 2.35. The number of rotatable bonds is 4. The van der Waals surface area contributed by atoms with Crippen molar-refractivity contribution in [2.45, 2.75) is 6.42 Å². The Labute approximate surface area is 143 Å². The zero-order chi connectivity index (χ0) is 17.1. The number of anilines is 1. The molecule has 0 aliphatic carbocycles. The number of carbonyl (C=O) groups is 1. The minimum absolute atomic E-state index is 0.0554. The Morgan fingerprint density at radius 1 is 1.17 bits per heavy atom. The first kappa shape index (κ1) is 16.0. The van der Waals surface area contributed by atoms with Crippen molar-refractivity contribution in [2.24, 2.45) is 0 Å². The standard InChI is InChI=1S/C17H15ClN4O2/c1-24-14-8-4-12(5-9-14)16-20-17(19)22(21-16)15(23)10-11-2-6-13(18)7-3-11/h2-9H,10H2,1H3,(H2,19,20,21). The molecule has 24 heavy (non-hydrogen) atoms. The summed E-state index contributed by atoms with van der Waals surface area (Å²) in [6.45, 7) is 0. The fourth-order valence-electron chi connectivity index (χ4n) is 2.22. The van der Waals surface area contributed by atoms with Crippen LogP contribution >= 0.6 is 11.6 Å². The predicted molar refractivity (Wildman–Crippen MR) is 92.2 cm³/mol. The number of nitrogen functional groups attached to an aromatic ring is 1. The second kappa shape index (κ2) is 6.72. The maximum absolute atomic E-state index is 12.4. The molecule has 2 aromatic carbocycles. The molecular weight excluding hydrogens is 328 g/mol. The molecule has 6 nitrogen and oxygen atoms in total. The molecule has 3 rings (SSSR count). The Kier molecular flexibility index (Phi) is 4.48. The van der Waals surface area contributed by atoms with Crippen LogP contribution in [0.3, 0.4) is 0 Å². The van der Waals surface area contributed by atoms with Gasteiger partial charge in [-0.15, -0.1) is 5.10 Å². The van der Waals surface area contributed by atoms with Gasteiger partial charge in [-0.05, 0) is 42.0 Å². The number of nitrogens with zero attached hydrogens (tertiary/aromatic N) is 3. The summed E-state index contributed by atoms with van der Waals surface area (Å²) in [6, 6.07) is 14.2. The zero-order valence-electron chi connectivity index (χ0n) is 12.9. The Morgan fingerprint density at radius 2 is 1.83 bits per heavy atom. The molecule has 1 heterocycles. The van der Waals surface area contributed by atoms with Gasteiger partial charge in [-0.3, -0.25) is 4.79 Å². The Bertz CT molecular complexity index is 857. The van der Waals surface area contributed by atoms with Gasteiger partial charge in [0, 0.05) is 10.6 Å². The first-order valence-electron chi connectivity index (χ1n) is 7.21. The number of hydrogen-bond acceptors (Lipinski definition) is 5. The molecule has 0 fully saturated rings. The predicted octanol–water partition coefficient (Wildman–Crippen LogP) is 3.07. The SMILES string of the molecule is COc1ccc(-c2nc(N)n(C(=O)Cc3ccc(Cl)cc3)n2)cc1. The van der Waals surface area contributed by atoms with E-state index in [1.165, 1.54) is 0 Å². The largest absolute Gasteiger partial charge is 0.497 e. The third-order valence-electron chi connectivity index (χ3n) is 3.49. The van der Waals surface area contributed by atoms with Crippen LogP contribution in [0.1, 0.15) is 10.4 Å². The van der Waals surface area contributed by atoms with Crippen LogP contribution in [0.25, 0.3) is 11.4 Å². The quantitative estimate of drug-likeness (QED) is 0.787. The number of halogens is 1.